The fourth-order valence-electron chi connectivity index (χ4n) is 5.35. The highest BCUT2D eigenvalue weighted by molar-refractivity contribution is 4.95. The molecule has 3 fully saturated rings. The second kappa shape index (κ2) is 7.63. The van der Waals surface area contributed by atoms with Crippen LogP contribution in [0.3, 0.4) is 0 Å². The third-order valence-corrected chi connectivity index (χ3v) is 7.55. The lowest BCUT2D eigenvalue weighted by molar-refractivity contribution is -0.0175. The Morgan fingerprint density at radius 2 is 1.50 bits per heavy atom. The number of likely N-dealkylation sites (tertiary alicyclic amines) is 3. The molecule has 3 heteroatoms. The zero-order valence-electron chi connectivity index (χ0n) is 16.9. The highest BCUT2D eigenvalue weighted by Crippen LogP contribution is 2.36. The summed E-state index contributed by atoms with van der Waals surface area (Å²) in [6, 6.07) is 1.50. The molecule has 24 heavy (non-hydrogen) atoms. The lowest BCUT2D eigenvalue weighted by atomic mass is 9.77. The van der Waals surface area contributed by atoms with E-state index in [9.17, 15) is 0 Å². The molecule has 0 amide bonds. The van der Waals surface area contributed by atoms with Crippen LogP contribution >= 0.6 is 0 Å². The van der Waals surface area contributed by atoms with E-state index >= 15 is 0 Å². The fraction of sp³-hybridized carbons (Fsp3) is 1.00. The van der Waals surface area contributed by atoms with Crippen LogP contribution in [-0.4, -0.2) is 71.6 Å². The van der Waals surface area contributed by atoms with Crippen LogP contribution in [0.4, 0.5) is 0 Å². The smallest absolute Gasteiger partial charge is 0.0182 e. The van der Waals surface area contributed by atoms with E-state index in [2.05, 4.69) is 49.3 Å². The summed E-state index contributed by atoms with van der Waals surface area (Å²) in [7, 11) is 0. The van der Waals surface area contributed by atoms with Gasteiger partial charge in [-0.15, -0.1) is 0 Å². The van der Waals surface area contributed by atoms with E-state index < -0.39 is 0 Å². The molecule has 3 aliphatic rings. The topological polar surface area (TPSA) is 9.72 Å². The monoisotopic (exact) mass is 335 g/mol. The van der Waals surface area contributed by atoms with Crippen molar-refractivity contribution in [1.29, 1.82) is 0 Å². The average molecular weight is 336 g/mol. The number of hydrogen-bond donors (Lipinski definition) is 0. The van der Waals surface area contributed by atoms with E-state index in [0.717, 1.165) is 23.9 Å². The third-order valence-electron chi connectivity index (χ3n) is 7.55. The molecular weight excluding hydrogens is 294 g/mol. The zero-order chi connectivity index (χ0) is 17.3. The molecule has 0 radical (unpaired) electrons. The zero-order valence-corrected chi connectivity index (χ0v) is 16.9. The Morgan fingerprint density at radius 3 is 2.00 bits per heavy atom. The van der Waals surface area contributed by atoms with Crippen molar-refractivity contribution in [2.45, 2.75) is 84.3 Å². The summed E-state index contributed by atoms with van der Waals surface area (Å²) in [6.45, 7) is 20.1. The van der Waals surface area contributed by atoms with Gasteiger partial charge in [-0.25, -0.2) is 0 Å². The van der Waals surface area contributed by atoms with Crippen molar-refractivity contribution in [3.8, 4) is 0 Å². The summed E-state index contributed by atoms with van der Waals surface area (Å²) in [6.07, 6.45) is 7.03. The maximum Gasteiger partial charge on any atom is 0.0182 e. The lowest BCUT2D eigenvalue weighted by Crippen LogP contribution is -2.58. The molecule has 3 rings (SSSR count). The maximum absolute atomic E-state index is 2.79. The Hall–Kier alpha value is -0.120. The summed E-state index contributed by atoms with van der Waals surface area (Å²) in [5.41, 5.74) is 0.427. The van der Waals surface area contributed by atoms with Crippen molar-refractivity contribution in [3.05, 3.63) is 0 Å². The molecule has 3 nitrogen and oxygen atoms in total. The van der Waals surface area contributed by atoms with Gasteiger partial charge in [-0.05, 0) is 111 Å². The van der Waals surface area contributed by atoms with Crippen LogP contribution in [-0.2, 0) is 0 Å². The molecule has 0 aromatic rings. The molecule has 0 aliphatic carbocycles. The molecule has 0 aromatic heterocycles. The van der Waals surface area contributed by atoms with Crippen molar-refractivity contribution in [2.24, 2.45) is 11.8 Å². The van der Waals surface area contributed by atoms with E-state index in [0.29, 0.717) is 5.54 Å². The average Bonchev–Trinajstić information content (AvgIpc) is 2.94. The molecule has 0 N–H and O–H groups in total. The molecule has 3 saturated heterocycles. The predicted octanol–water partition coefficient (Wildman–Crippen LogP) is 3.69. The van der Waals surface area contributed by atoms with E-state index in [-0.39, 0.29) is 0 Å². The SMILES string of the molecule is CC(C)N1CCC(CC(C)N2CCC(C(C)(C)N3CCC3)CC2)C1. The summed E-state index contributed by atoms with van der Waals surface area (Å²) in [5, 5.41) is 0. The largest absolute Gasteiger partial charge is 0.301 e. The Kier molecular flexibility index (Phi) is 5.94. The first-order valence-corrected chi connectivity index (χ1v) is 10.6. The first kappa shape index (κ1) is 18.7. The molecule has 2 unspecified atom stereocenters. The minimum atomic E-state index is 0.427. The third kappa shape index (κ3) is 3.99. The van der Waals surface area contributed by atoms with Gasteiger partial charge < -0.3 is 9.80 Å². The molecular formula is C21H41N3. The van der Waals surface area contributed by atoms with Crippen molar-refractivity contribution in [1.82, 2.24) is 14.7 Å². The summed E-state index contributed by atoms with van der Waals surface area (Å²) < 4.78 is 0. The molecule has 0 spiro atoms. The van der Waals surface area contributed by atoms with Crippen molar-refractivity contribution in [2.75, 3.05) is 39.3 Å². The normalized spacial score (nSPS) is 30.0. The van der Waals surface area contributed by atoms with Gasteiger partial charge in [0.25, 0.3) is 0 Å². The van der Waals surface area contributed by atoms with Gasteiger partial charge in [0.1, 0.15) is 0 Å². The summed E-state index contributed by atoms with van der Waals surface area (Å²) in [5.74, 6) is 1.82. The molecule has 0 bridgehead atoms. The molecule has 2 atom stereocenters. The highest BCUT2D eigenvalue weighted by Gasteiger charge is 2.40. The van der Waals surface area contributed by atoms with Gasteiger partial charge in [0.05, 0.1) is 0 Å². The lowest BCUT2D eigenvalue weighted by Gasteiger charge is -2.51. The Bertz CT molecular complexity index is 394. The van der Waals surface area contributed by atoms with Gasteiger partial charge in [0.2, 0.25) is 0 Å². The number of piperidine rings is 1. The Balaban J connectivity index is 1.43. The summed E-state index contributed by atoms with van der Waals surface area (Å²) in [4.78, 5) is 8.18. The predicted molar refractivity (Wildman–Crippen MR) is 103 cm³/mol. The quantitative estimate of drug-likeness (QED) is 0.733. The van der Waals surface area contributed by atoms with Gasteiger partial charge in [-0.3, -0.25) is 4.90 Å². The van der Waals surface area contributed by atoms with Crippen molar-refractivity contribution >= 4 is 0 Å². The van der Waals surface area contributed by atoms with Gasteiger partial charge in [0.15, 0.2) is 0 Å². The number of nitrogens with zero attached hydrogens (tertiary/aromatic N) is 3. The first-order chi connectivity index (χ1) is 11.4. The van der Waals surface area contributed by atoms with E-state index in [1.54, 1.807) is 0 Å². The first-order valence-electron chi connectivity index (χ1n) is 10.6. The second-order valence-corrected chi connectivity index (χ2v) is 9.63. The minimum absolute atomic E-state index is 0.427. The van der Waals surface area contributed by atoms with Crippen LogP contribution < -0.4 is 0 Å². The van der Waals surface area contributed by atoms with Crippen LogP contribution in [0.15, 0.2) is 0 Å². The number of rotatable bonds is 6. The molecule has 3 heterocycles. The van der Waals surface area contributed by atoms with E-state index in [4.69, 9.17) is 0 Å². The minimum Gasteiger partial charge on any atom is -0.301 e. The molecule has 140 valence electrons. The molecule has 0 saturated carbocycles. The maximum atomic E-state index is 2.79. The van der Waals surface area contributed by atoms with Crippen LogP contribution in [0.25, 0.3) is 0 Å². The van der Waals surface area contributed by atoms with E-state index in [1.807, 2.05) is 0 Å². The van der Waals surface area contributed by atoms with Gasteiger partial charge in [-0.2, -0.15) is 0 Å². The van der Waals surface area contributed by atoms with E-state index in [1.165, 1.54) is 71.4 Å². The summed E-state index contributed by atoms with van der Waals surface area (Å²) >= 11 is 0. The molecule has 3 aliphatic heterocycles. The van der Waals surface area contributed by atoms with Crippen LogP contribution in [0, 0.1) is 11.8 Å². The van der Waals surface area contributed by atoms with Crippen molar-refractivity contribution < 1.29 is 0 Å². The molecule has 0 aromatic carbocycles. The van der Waals surface area contributed by atoms with Crippen LogP contribution in [0.5, 0.6) is 0 Å². The van der Waals surface area contributed by atoms with Crippen LogP contribution in [0.1, 0.15) is 66.7 Å². The van der Waals surface area contributed by atoms with Gasteiger partial charge in [0, 0.05) is 24.2 Å². The Morgan fingerprint density at radius 1 is 0.875 bits per heavy atom. The number of hydrogen-bond acceptors (Lipinski definition) is 3. The Labute approximate surface area is 150 Å². The van der Waals surface area contributed by atoms with Gasteiger partial charge >= 0.3 is 0 Å². The standard InChI is InChI=1S/C21H41N3/c1-17(2)23-12-7-19(16-23)15-18(3)22-13-8-20(9-14-22)21(4,5)24-10-6-11-24/h17-20H,6-16H2,1-5H3. The van der Waals surface area contributed by atoms with Crippen molar-refractivity contribution in [3.63, 3.8) is 0 Å². The van der Waals surface area contributed by atoms with Gasteiger partial charge in [-0.1, -0.05) is 0 Å². The fourth-order valence-corrected chi connectivity index (χ4v) is 5.35. The highest BCUT2D eigenvalue weighted by atomic mass is 15.2. The van der Waals surface area contributed by atoms with Crippen LogP contribution in [0.2, 0.25) is 0 Å². The second-order valence-electron chi connectivity index (χ2n) is 9.63.